The third kappa shape index (κ3) is 14.1. The van der Waals surface area contributed by atoms with Gasteiger partial charge >= 0.3 is 24.7 Å². The predicted octanol–water partition coefficient (Wildman–Crippen LogP) is 3.42. The number of aliphatic hydroxyl groups excluding tert-OH is 2. The molecule has 0 spiro atoms. The van der Waals surface area contributed by atoms with Crippen molar-refractivity contribution >= 4 is 11.6 Å². The van der Waals surface area contributed by atoms with Crippen molar-refractivity contribution in [1.82, 2.24) is 0 Å². The van der Waals surface area contributed by atoms with E-state index in [-0.39, 0.29) is 22.0 Å². The summed E-state index contributed by atoms with van der Waals surface area (Å²) < 4.78 is 136. The van der Waals surface area contributed by atoms with E-state index in [0.717, 1.165) is 0 Å². The summed E-state index contributed by atoms with van der Waals surface area (Å²) in [6.07, 6.45) is -23.4. The maximum absolute atomic E-state index is 11.4. The van der Waals surface area contributed by atoms with Crippen molar-refractivity contribution in [3.8, 4) is 0 Å². The van der Waals surface area contributed by atoms with Crippen LogP contribution in [0.5, 0.6) is 0 Å². The topological polar surface area (TPSA) is 106 Å². The molecular formula is C10H6F12NiO5. The molecule has 0 saturated carbocycles. The van der Waals surface area contributed by atoms with Crippen LogP contribution >= 0.6 is 0 Å². The Labute approximate surface area is 155 Å². The summed E-state index contributed by atoms with van der Waals surface area (Å²) in [5, 5.41) is 15.9. The first-order valence-electron chi connectivity index (χ1n) is 5.28. The monoisotopic (exact) mass is 492 g/mol. The van der Waals surface area contributed by atoms with Crippen LogP contribution in [0.2, 0.25) is 0 Å². The molecule has 0 bridgehead atoms. The van der Waals surface area contributed by atoms with E-state index in [2.05, 4.69) is 0 Å². The van der Waals surface area contributed by atoms with Gasteiger partial charge in [0.15, 0.2) is 0 Å². The Kier molecular flexibility index (Phi) is 13.4. The normalized spacial score (nSPS) is 13.4. The van der Waals surface area contributed by atoms with Crippen LogP contribution in [0, 0.1) is 0 Å². The Hall–Kier alpha value is -1.97. The van der Waals surface area contributed by atoms with Gasteiger partial charge in [0.1, 0.15) is 0 Å². The molecule has 28 heavy (non-hydrogen) atoms. The number of allylic oxidation sites excluding steroid dienone is 4. The average Bonchev–Trinajstić information content (AvgIpc) is 2.34. The number of carbonyl (C=O) groups excluding carboxylic acids is 2. The van der Waals surface area contributed by atoms with Crippen molar-refractivity contribution in [2.45, 2.75) is 24.7 Å². The second-order valence-corrected chi connectivity index (χ2v) is 3.78. The number of carbonyl (C=O) groups is 2. The van der Waals surface area contributed by atoms with Crippen LogP contribution in [-0.2, 0) is 26.1 Å². The SMILES string of the molecule is O.O=C(/C=C(/O)C(F)(F)F)C(F)(F)F.O=C(/C=C(/O)C(F)(F)F)C(F)(F)F.[Ni]. The summed E-state index contributed by atoms with van der Waals surface area (Å²) >= 11 is 0. The summed E-state index contributed by atoms with van der Waals surface area (Å²) in [6.45, 7) is 0. The van der Waals surface area contributed by atoms with Crippen LogP contribution in [0.1, 0.15) is 0 Å². The third-order valence-corrected chi connectivity index (χ3v) is 1.68. The number of alkyl halides is 12. The van der Waals surface area contributed by atoms with Gasteiger partial charge in [0.05, 0.1) is 0 Å². The minimum atomic E-state index is -5.42. The molecule has 0 saturated heterocycles. The van der Waals surface area contributed by atoms with Crippen molar-refractivity contribution in [3.05, 3.63) is 23.7 Å². The van der Waals surface area contributed by atoms with Crippen LogP contribution in [-0.4, -0.2) is 52.0 Å². The number of aliphatic hydroxyl groups is 2. The van der Waals surface area contributed by atoms with Gasteiger partial charge in [0.25, 0.3) is 11.6 Å². The van der Waals surface area contributed by atoms with Gasteiger partial charge in [-0.15, -0.1) is 0 Å². The number of ketones is 2. The predicted molar refractivity (Wildman–Crippen MR) is 59.3 cm³/mol. The van der Waals surface area contributed by atoms with Gasteiger partial charge in [-0.1, -0.05) is 0 Å². The van der Waals surface area contributed by atoms with E-state index in [1.807, 2.05) is 0 Å². The molecule has 0 atom stereocenters. The Morgan fingerprint density at radius 2 is 0.714 bits per heavy atom. The molecule has 0 radical (unpaired) electrons. The molecule has 0 fully saturated rings. The van der Waals surface area contributed by atoms with E-state index in [4.69, 9.17) is 10.2 Å². The first kappa shape index (κ1) is 33.6. The average molecular weight is 493 g/mol. The quantitative estimate of drug-likeness (QED) is 0.267. The Morgan fingerprint density at radius 3 is 0.821 bits per heavy atom. The molecule has 4 N–H and O–H groups in total. The summed E-state index contributed by atoms with van der Waals surface area (Å²) in [5.74, 6) is -10.7. The molecule has 0 heterocycles. The zero-order valence-electron chi connectivity index (χ0n) is 12.2. The molecule has 0 aliphatic heterocycles. The van der Waals surface area contributed by atoms with Gasteiger partial charge in [-0.3, -0.25) is 9.59 Å². The van der Waals surface area contributed by atoms with Crippen molar-refractivity contribution < 1.29 is 94.5 Å². The largest absolute Gasteiger partial charge is 0.504 e. The van der Waals surface area contributed by atoms with Crippen LogP contribution in [0.15, 0.2) is 23.7 Å². The summed E-state index contributed by atoms with van der Waals surface area (Å²) in [4.78, 5) is 19.7. The summed E-state index contributed by atoms with van der Waals surface area (Å²) in [6, 6.07) is 0. The van der Waals surface area contributed by atoms with Crippen molar-refractivity contribution in [1.29, 1.82) is 0 Å². The zero-order valence-corrected chi connectivity index (χ0v) is 13.2. The van der Waals surface area contributed by atoms with E-state index >= 15 is 0 Å². The number of hydrogen-bond donors (Lipinski definition) is 2. The first-order chi connectivity index (χ1) is 11.1. The van der Waals surface area contributed by atoms with E-state index in [9.17, 15) is 62.3 Å². The van der Waals surface area contributed by atoms with E-state index in [1.165, 1.54) is 0 Å². The Balaban J connectivity index is -0.000000192. The molecular weight excluding hydrogens is 487 g/mol. The van der Waals surface area contributed by atoms with Crippen molar-refractivity contribution in [3.63, 3.8) is 0 Å². The molecule has 0 aliphatic carbocycles. The van der Waals surface area contributed by atoms with Gasteiger partial charge in [0.2, 0.25) is 11.5 Å². The van der Waals surface area contributed by atoms with Crippen molar-refractivity contribution in [2.24, 2.45) is 0 Å². The van der Waals surface area contributed by atoms with E-state index in [1.54, 1.807) is 0 Å². The minimum absolute atomic E-state index is 0. The second kappa shape index (κ2) is 11.1. The van der Waals surface area contributed by atoms with Gasteiger partial charge in [-0.25, -0.2) is 0 Å². The number of rotatable bonds is 2. The zero-order chi connectivity index (χ0) is 21.7. The van der Waals surface area contributed by atoms with Gasteiger partial charge in [0, 0.05) is 28.6 Å². The molecule has 18 heteroatoms. The fourth-order valence-corrected chi connectivity index (χ4v) is 0.576. The van der Waals surface area contributed by atoms with Crippen LogP contribution in [0.4, 0.5) is 52.7 Å². The fourth-order valence-electron chi connectivity index (χ4n) is 0.576. The van der Waals surface area contributed by atoms with Gasteiger partial charge < -0.3 is 15.7 Å². The maximum atomic E-state index is 11.4. The fraction of sp³-hybridized carbons (Fsp3) is 0.400. The minimum Gasteiger partial charge on any atom is -0.504 e. The number of halogens is 12. The molecule has 0 amide bonds. The van der Waals surface area contributed by atoms with Crippen LogP contribution in [0.25, 0.3) is 0 Å². The first-order valence-corrected chi connectivity index (χ1v) is 5.28. The summed E-state index contributed by atoms with van der Waals surface area (Å²) in [5.41, 5.74) is 0. The molecule has 0 aromatic rings. The summed E-state index contributed by atoms with van der Waals surface area (Å²) in [7, 11) is 0. The van der Waals surface area contributed by atoms with E-state index in [0.29, 0.717) is 0 Å². The molecule has 5 nitrogen and oxygen atoms in total. The van der Waals surface area contributed by atoms with Crippen LogP contribution in [0.3, 0.4) is 0 Å². The molecule has 0 aromatic heterocycles. The molecule has 0 aliphatic rings. The standard InChI is InChI=1S/2C5H2F6O2.Ni.H2O/c2*6-4(7,8)2(12)1-3(13)5(9,10)11;;/h2*1,12H;;1H2/b2*2-1+;;. The maximum Gasteiger partial charge on any atom is 0.454 e. The van der Waals surface area contributed by atoms with E-state index < -0.39 is 59.9 Å². The molecule has 0 unspecified atom stereocenters. The molecule has 170 valence electrons. The molecule has 0 aromatic carbocycles. The Bertz CT molecular complexity index is 530. The smallest absolute Gasteiger partial charge is 0.454 e. The molecule has 0 rings (SSSR count). The third-order valence-electron chi connectivity index (χ3n) is 1.68. The Morgan fingerprint density at radius 1 is 0.536 bits per heavy atom. The van der Waals surface area contributed by atoms with Gasteiger partial charge in [-0.2, -0.15) is 52.7 Å². The van der Waals surface area contributed by atoms with Gasteiger partial charge in [-0.05, 0) is 0 Å². The van der Waals surface area contributed by atoms with Crippen LogP contribution < -0.4 is 0 Å². The second-order valence-electron chi connectivity index (χ2n) is 3.78. The van der Waals surface area contributed by atoms with Crippen molar-refractivity contribution in [2.75, 3.05) is 0 Å². The number of hydrogen-bond acceptors (Lipinski definition) is 4.